The molecule has 3 rings (SSSR count). The van der Waals surface area contributed by atoms with Crippen molar-refractivity contribution in [3.8, 4) is 0 Å². The van der Waals surface area contributed by atoms with Gasteiger partial charge in [0, 0.05) is 37.9 Å². The summed E-state index contributed by atoms with van der Waals surface area (Å²) in [5.74, 6) is -1.50. The van der Waals surface area contributed by atoms with Gasteiger partial charge in [-0.1, -0.05) is 6.07 Å². The van der Waals surface area contributed by atoms with E-state index in [0.717, 1.165) is 4.31 Å². The van der Waals surface area contributed by atoms with Crippen LogP contribution in [0.1, 0.15) is 19.3 Å². The molecule has 9 heteroatoms. The number of piperidine rings is 1. The van der Waals surface area contributed by atoms with Crippen molar-refractivity contribution in [3.05, 3.63) is 24.4 Å². The van der Waals surface area contributed by atoms with E-state index >= 15 is 0 Å². The third-order valence-corrected chi connectivity index (χ3v) is 6.78. The monoisotopic (exact) mass is 364 g/mol. The van der Waals surface area contributed by atoms with Gasteiger partial charge >= 0.3 is 6.18 Å². The zero-order valence-electron chi connectivity index (χ0n) is 13.0. The Labute approximate surface area is 138 Å². The Morgan fingerprint density at radius 2 is 1.96 bits per heavy atom. The van der Waals surface area contributed by atoms with E-state index < -0.39 is 27.5 Å². The van der Waals surface area contributed by atoms with Crippen molar-refractivity contribution >= 4 is 10.0 Å². The lowest BCUT2D eigenvalue weighted by atomic mass is 9.66. The topological polar surface area (TPSA) is 59.5 Å². The van der Waals surface area contributed by atoms with Gasteiger partial charge in [0.05, 0.1) is 5.92 Å². The van der Waals surface area contributed by atoms with Crippen molar-refractivity contribution in [1.82, 2.24) is 9.29 Å². The lowest BCUT2D eigenvalue weighted by Crippen LogP contribution is -2.56. The number of ether oxygens (including phenoxy) is 1. The van der Waals surface area contributed by atoms with Gasteiger partial charge in [0.15, 0.2) is 5.03 Å². The van der Waals surface area contributed by atoms with E-state index in [1.807, 2.05) is 0 Å². The smallest absolute Gasteiger partial charge is 0.381 e. The van der Waals surface area contributed by atoms with Gasteiger partial charge in [-0.05, 0) is 31.4 Å². The molecule has 134 valence electrons. The summed E-state index contributed by atoms with van der Waals surface area (Å²) in [6.07, 6.45) is -2.77. The third kappa shape index (κ3) is 3.16. The first-order valence-corrected chi connectivity index (χ1v) is 9.25. The van der Waals surface area contributed by atoms with Crippen molar-refractivity contribution in [2.24, 2.45) is 11.3 Å². The standard InChI is InChI=1S/C15H19F3N2O3S/c16-15(17,18)12-4-8-20(11-14(12)5-9-23-10-6-14)24(21,22)13-3-1-2-7-19-13/h1-3,7,12H,4-6,8-11H2. The van der Waals surface area contributed by atoms with Crippen LogP contribution in [0.15, 0.2) is 29.4 Å². The Hall–Kier alpha value is -1.19. The molecule has 2 saturated heterocycles. The third-order valence-electron chi connectivity index (χ3n) is 5.02. The largest absolute Gasteiger partial charge is 0.392 e. The first kappa shape index (κ1) is 17.6. The fourth-order valence-electron chi connectivity index (χ4n) is 3.75. The molecule has 0 radical (unpaired) electrons. The van der Waals surface area contributed by atoms with Gasteiger partial charge in [-0.2, -0.15) is 17.5 Å². The van der Waals surface area contributed by atoms with Crippen molar-refractivity contribution in [2.75, 3.05) is 26.3 Å². The summed E-state index contributed by atoms with van der Waals surface area (Å²) in [6, 6.07) is 4.50. The Morgan fingerprint density at radius 1 is 1.25 bits per heavy atom. The van der Waals surface area contributed by atoms with E-state index in [1.54, 1.807) is 12.1 Å². The van der Waals surface area contributed by atoms with Crippen molar-refractivity contribution in [2.45, 2.75) is 30.5 Å². The van der Waals surface area contributed by atoms with Crippen LogP contribution in [0.2, 0.25) is 0 Å². The van der Waals surface area contributed by atoms with Crippen molar-refractivity contribution < 1.29 is 26.3 Å². The average molecular weight is 364 g/mol. The highest BCUT2D eigenvalue weighted by molar-refractivity contribution is 7.89. The predicted molar refractivity (Wildman–Crippen MR) is 79.6 cm³/mol. The molecule has 24 heavy (non-hydrogen) atoms. The molecule has 2 aliphatic rings. The van der Waals surface area contributed by atoms with Gasteiger partial charge in [-0.25, -0.2) is 13.4 Å². The van der Waals surface area contributed by atoms with Crippen LogP contribution in [-0.2, 0) is 14.8 Å². The second-order valence-corrected chi connectivity index (χ2v) is 8.25. The van der Waals surface area contributed by atoms with Crippen LogP contribution in [0, 0.1) is 11.3 Å². The maximum absolute atomic E-state index is 13.5. The summed E-state index contributed by atoms with van der Waals surface area (Å²) < 4.78 is 72.3. The molecule has 3 heterocycles. The van der Waals surface area contributed by atoms with E-state index in [-0.39, 0.29) is 50.6 Å². The summed E-state index contributed by atoms with van der Waals surface area (Å²) in [5, 5.41) is -0.127. The molecular weight excluding hydrogens is 345 g/mol. The zero-order valence-corrected chi connectivity index (χ0v) is 13.8. The number of alkyl halides is 3. The molecule has 1 atom stereocenters. The molecule has 5 nitrogen and oxygen atoms in total. The molecule has 1 aromatic rings. The number of pyridine rings is 1. The van der Waals surface area contributed by atoms with Crippen molar-refractivity contribution in [1.29, 1.82) is 0 Å². The van der Waals surface area contributed by atoms with Crippen molar-refractivity contribution in [3.63, 3.8) is 0 Å². The summed E-state index contributed by atoms with van der Waals surface area (Å²) in [6.45, 7) is 0.166. The van der Waals surface area contributed by atoms with Gasteiger partial charge in [0.25, 0.3) is 10.0 Å². The second-order valence-electron chi connectivity index (χ2n) is 6.36. The lowest BCUT2D eigenvalue weighted by molar-refractivity contribution is -0.231. The van der Waals surface area contributed by atoms with Crippen LogP contribution in [0.3, 0.4) is 0 Å². The summed E-state index contributed by atoms with van der Waals surface area (Å²) in [5.41, 5.74) is -1.11. The fraction of sp³-hybridized carbons (Fsp3) is 0.667. The summed E-state index contributed by atoms with van der Waals surface area (Å²) in [7, 11) is -3.89. The number of nitrogens with zero attached hydrogens (tertiary/aromatic N) is 2. The van der Waals surface area contributed by atoms with Gasteiger partial charge in [-0.15, -0.1) is 0 Å². The van der Waals surface area contributed by atoms with E-state index in [1.165, 1.54) is 12.3 Å². The molecule has 1 unspecified atom stereocenters. The molecule has 2 fully saturated rings. The average Bonchev–Trinajstić information content (AvgIpc) is 2.55. The molecule has 0 aromatic carbocycles. The minimum atomic E-state index is -4.34. The molecule has 0 N–H and O–H groups in total. The summed E-state index contributed by atoms with van der Waals surface area (Å²) >= 11 is 0. The highest BCUT2D eigenvalue weighted by atomic mass is 32.2. The summed E-state index contributed by atoms with van der Waals surface area (Å²) in [4.78, 5) is 3.85. The Balaban J connectivity index is 1.92. The van der Waals surface area contributed by atoms with Gasteiger partial charge < -0.3 is 4.74 Å². The number of hydrogen-bond acceptors (Lipinski definition) is 4. The van der Waals surface area contributed by atoms with Crippen LogP contribution in [-0.4, -0.2) is 50.2 Å². The second kappa shape index (κ2) is 6.27. The highest BCUT2D eigenvalue weighted by Gasteiger charge is 2.57. The van der Waals surface area contributed by atoms with E-state index in [2.05, 4.69) is 4.98 Å². The van der Waals surface area contributed by atoms with Crippen LogP contribution in [0.5, 0.6) is 0 Å². The molecular formula is C15H19F3N2O3S. The molecule has 0 saturated carbocycles. The first-order chi connectivity index (χ1) is 11.3. The van der Waals surface area contributed by atoms with Crippen LogP contribution >= 0.6 is 0 Å². The zero-order chi connectivity index (χ0) is 17.4. The van der Waals surface area contributed by atoms with Crippen LogP contribution in [0.25, 0.3) is 0 Å². The number of halogens is 3. The normalized spacial score (nSPS) is 25.7. The van der Waals surface area contributed by atoms with Gasteiger partial charge in [0.2, 0.25) is 0 Å². The van der Waals surface area contributed by atoms with Gasteiger partial charge in [0.1, 0.15) is 0 Å². The van der Waals surface area contributed by atoms with Crippen LogP contribution in [0.4, 0.5) is 13.2 Å². The van der Waals surface area contributed by atoms with E-state index in [9.17, 15) is 21.6 Å². The fourth-order valence-corrected chi connectivity index (χ4v) is 5.23. The Kier molecular flexibility index (Phi) is 4.61. The SMILES string of the molecule is O=S(=O)(c1ccccn1)N1CCC(C(F)(F)F)C2(CCOCC2)C1. The van der Waals surface area contributed by atoms with E-state index in [4.69, 9.17) is 4.74 Å². The molecule has 0 amide bonds. The molecule has 1 spiro atoms. The number of rotatable bonds is 2. The number of hydrogen-bond donors (Lipinski definition) is 0. The Bertz CT molecular complexity index is 673. The lowest BCUT2D eigenvalue weighted by Gasteiger charge is -2.49. The maximum Gasteiger partial charge on any atom is 0.392 e. The molecule has 0 aliphatic carbocycles. The maximum atomic E-state index is 13.5. The number of sulfonamides is 1. The van der Waals surface area contributed by atoms with Gasteiger partial charge in [-0.3, -0.25) is 0 Å². The predicted octanol–water partition coefficient (Wildman–Crippen LogP) is 2.45. The molecule has 0 bridgehead atoms. The number of aromatic nitrogens is 1. The minimum Gasteiger partial charge on any atom is -0.381 e. The quantitative estimate of drug-likeness (QED) is 0.809. The Morgan fingerprint density at radius 3 is 2.54 bits per heavy atom. The minimum absolute atomic E-state index is 0.127. The highest BCUT2D eigenvalue weighted by Crippen LogP contribution is 2.51. The van der Waals surface area contributed by atoms with E-state index in [0.29, 0.717) is 0 Å². The van der Waals surface area contributed by atoms with Crippen LogP contribution < -0.4 is 0 Å². The molecule has 1 aromatic heterocycles. The first-order valence-electron chi connectivity index (χ1n) is 7.81. The molecule has 2 aliphatic heterocycles.